The van der Waals surface area contributed by atoms with E-state index in [0.717, 1.165) is 6.26 Å². The molecule has 0 N–H and O–H groups in total. The number of fused-ring (bicyclic) bond motifs is 1. The van der Waals surface area contributed by atoms with Gasteiger partial charge in [-0.25, -0.2) is 13.4 Å². The number of amides is 1. The first-order valence-electron chi connectivity index (χ1n) is 10.9. The Balaban J connectivity index is 2.00. The highest BCUT2D eigenvalue weighted by molar-refractivity contribution is 7.90. The normalized spacial score (nSPS) is 15.9. The summed E-state index contributed by atoms with van der Waals surface area (Å²) in [4.78, 5) is 35.7. The van der Waals surface area contributed by atoms with Crippen molar-refractivity contribution in [3.8, 4) is 22.6 Å². The van der Waals surface area contributed by atoms with Crippen LogP contribution in [-0.2, 0) is 21.2 Å². The van der Waals surface area contributed by atoms with Gasteiger partial charge in [0.1, 0.15) is 17.1 Å². The fourth-order valence-electron chi connectivity index (χ4n) is 4.32. The molecule has 1 aliphatic rings. The summed E-state index contributed by atoms with van der Waals surface area (Å²) in [7, 11) is -0.873. The molecule has 1 atom stereocenters. The average Bonchev–Trinajstić information content (AvgIpc) is 3.30. The Hall–Kier alpha value is -2.89. The van der Waals surface area contributed by atoms with Crippen LogP contribution in [0.15, 0.2) is 28.3 Å². The van der Waals surface area contributed by atoms with E-state index in [1.807, 2.05) is 0 Å². The summed E-state index contributed by atoms with van der Waals surface area (Å²) < 4.78 is 36.4. The molecule has 4 rings (SSSR count). The Bertz CT molecular complexity index is 1510. The summed E-state index contributed by atoms with van der Waals surface area (Å²) in [6.07, 6.45) is 3.01. The highest BCUT2D eigenvalue weighted by Gasteiger charge is 2.28. The number of aromatic nitrogens is 3. The van der Waals surface area contributed by atoms with Crippen LogP contribution in [0.5, 0.6) is 11.5 Å². The van der Waals surface area contributed by atoms with Crippen molar-refractivity contribution in [2.75, 3.05) is 33.6 Å². The molecule has 0 radical (unpaired) electrons. The molecule has 1 saturated heterocycles. The van der Waals surface area contributed by atoms with E-state index in [1.165, 1.54) is 44.0 Å². The highest BCUT2D eigenvalue weighted by atomic mass is 35.5. The number of sulfone groups is 1. The summed E-state index contributed by atoms with van der Waals surface area (Å²) in [5, 5.41) is 0.242. The number of likely N-dealkylation sites (tertiary alicyclic amines) is 1. The van der Waals surface area contributed by atoms with E-state index in [0.29, 0.717) is 24.9 Å². The van der Waals surface area contributed by atoms with Gasteiger partial charge in [0.2, 0.25) is 20.9 Å². The van der Waals surface area contributed by atoms with Crippen molar-refractivity contribution < 1.29 is 22.7 Å². The van der Waals surface area contributed by atoms with Gasteiger partial charge in [0.05, 0.1) is 29.8 Å². The summed E-state index contributed by atoms with van der Waals surface area (Å²) >= 11 is 13.2. The first kappa shape index (κ1) is 26.2. The fourth-order valence-corrected chi connectivity index (χ4v) is 5.52. The Morgan fingerprint density at radius 1 is 1.17 bits per heavy atom. The number of carbonyl (C=O) groups is 1. The Labute approximate surface area is 217 Å². The molecule has 1 amide bonds. The topological polar surface area (TPSA) is 121 Å². The lowest BCUT2D eigenvalue weighted by Gasteiger charge is -2.19. The number of benzene rings is 1. The number of methoxy groups -OCH3 is 2. The third kappa shape index (κ3) is 4.74. The van der Waals surface area contributed by atoms with E-state index in [1.54, 1.807) is 4.90 Å². The van der Waals surface area contributed by atoms with Gasteiger partial charge < -0.3 is 14.4 Å². The Morgan fingerprint density at radius 2 is 1.81 bits per heavy atom. The number of pyridine rings is 1. The molecule has 13 heteroatoms. The smallest absolute Gasteiger partial charge is 0.260 e. The number of ether oxygens (including phenoxy) is 2. The number of halogens is 2. The van der Waals surface area contributed by atoms with Gasteiger partial charge in [0.15, 0.2) is 0 Å². The standard InChI is InChI=1S/C23H24Cl2N4O6S/c1-12(30)28-6-5-13(10-28)11-29-21-14(9-26-23(27-21)36(4,32)33)7-15(22(29)31)18-19(24)16(34-2)8-17(35-3)20(18)25/h7-9,13H,5-6,10-11H2,1-4H3. The number of hydrogen-bond acceptors (Lipinski definition) is 8. The van der Waals surface area contributed by atoms with Crippen molar-refractivity contribution in [3.05, 3.63) is 38.7 Å². The lowest BCUT2D eigenvalue weighted by Crippen LogP contribution is -2.30. The number of rotatable bonds is 6. The summed E-state index contributed by atoms with van der Waals surface area (Å²) in [6.45, 7) is 2.73. The van der Waals surface area contributed by atoms with Gasteiger partial charge in [-0.15, -0.1) is 0 Å². The second-order valence-electron chi connectivity index (χ2n) is 8.58. The average molecular weight is 555 g/mol. The highest BCUT2D eigenvalue weighted by Crippen LogP contribution is 2.45. The Morgan fingerprint density at radius 3 is 2.33 bits per heavy atom. The van der Waals surface area contributed by atoms with Crippen molar-refractivity contribution in [1.82, 2.24) is 19.4 Å². The van der Waals surface area contributed by atoms with Gasteiger partial charge in [0.25, 0.3) is 5.56 Å². The molecule has 192 valence electrons. The molecule has 0 aliphatic carbocycles. The third-order valence-corrected chi connectivity index (χ3v) is 7.76. The maximum atomic E-state index is 13.9. The van der Waals surface area contributed by atoms with Gasteiger partial charge in [-0.1, -0.05) is 23.2 Å². The molecule has 1 aromatic carbocycles. The molecule has 3 heterocycles. The maximum absolute atomic E-state index is 13.9. The third-order valence-electron chi connectivity index (χ3n) is 6.15. The number of hydrogen-bond donors (Lipinski definition) is 0. The van der Waals surface area contributed by atoms with E-state index in [4.69, 9.17) is 32.7 Å². The van der Waals surface area contributed by atoms with Crippen LogP contribution in [0.25, 0.3) is 22.2 Å². The van der Waals surface area contributed by atoms with Crippen molar-refractivity contribution >= 4 is 50.0 Å². The SMILES string of the molecule is COc1cc(OC)c(Cl)c(-c2cc3cnc(S(C)(=O)=O)nc3n(CC3CCN(C(C)=O)C3)c2=O)c1Cl. The van der Waals surface area contributed by atoms with Crippen LogP contribution in [0.1, 0.15) is 13.3 Å². The zero-order valence-corrected chi connectivity index (χ0v) is 22.4. The summed E-state index contributed by atoms with van der Waals surface area (Å²) in [5.41, 5.74) is 0.0228. The van der Waals surface area contributed by atoms with Crippen LogP contribution in [0.3, 0.4) is 0 Å². The second kappa shape index (κ2) is 9.87. The molecule has 0 bridgehead atoms. The van der Waals surface area contributed by atoms with Crippen LogP contribution in [0.2, 0.25) is 10.0 Å². The fraction of sp³-hybridized carbons (Fsp3) is 0.391. The number of carbonyl (C=O) groups excluding carboxylic acids is 1. The van der Waals surface area contributed by atoms with Crippen molar-refractivity contribution in [2.24, 2.45) is 5.92 Å². The predicted octanol–water partition coefficient (Wildman–Crippen LogP) is 3.05. The van der Waals surface area contributed by atoms with E-state index in [-0.39, 0.29) is 56.7 Å². The number of nitrogens with zero attached hydrogens (tertiary/aromatic N) is 4. The molecule has 1 fully saturated rings. The van der Waals surface area contributed by atoms with Gasteiger partial charge in [0, 0.05) is 56.0 Å². The maximum Gasteiger partial charge on any atom is 0.260 e. The molecule has 0 spiro atoms. The first-order valence-corrected chi connectivity index (χ1v) is 13.6. The second-order valence-corrected chi connectivity index (χ2v) is 11.2. The van der Waals surface area contributed by atoms with Gasteiger partial charge in [-0.2, -0.15) is 4.98 Å². The molecular formula is C23H24Cl2N4O6S. The van der Waals surface area contributed by atoms with E-state index >= 15 is 0 Å². The Kier molecular flexibility index (Phi) is 7.18. The zero-order valence-electron chi connectivity index (χ0n) is 20.0. The minimum atomic E-state index is -3.73. The van der Waals surface area contributed by atoms with Crippen LogP contribution >= 0.6 is 23.2 Å². The minimum absolute atomic E-state index is 0.0486. The van der Waals surface area contributed by atoms with Crippen molar-refractivity contribution in [3.63, 3.8) is 0 Å². The summed E-state index contributed by atoms with van der Waals surface area (Å²) in [6, 6.07) is 3.03. The molecule has 0 saturated carbocycles. The first-order chi connectivity index (χ1) is 17.0. The molecule has 10 nitrogen and oxygen atoms in total. The lowest BCUT2D eigenvalue weighted by molar-refractivity contribution is -0.127. The van der Waals surface area contributed by atoms with Gasteiger partial charge in [-0.3, -0.25) is 14.2 Å². The van der Waals surface area contributed by atoms with Crippen LogP contribution < -0.4 is 15.0 Å². The quantitative estimate of drug-likeness (QED) is 0.426. The van der Waals surface area contributed by atoms with Crippen molar-refractivity contribution in [2.45, 2.75) is 25.0 Å². The molecule has 36 heavy (non-hydrogen) atoms. The van der Waals surface area contributed by atoms with Gasteiger partial charge >= 0.3 is 0 Å². The van der Waals surface area contributed by atoms with Crippen LogP contribution in [0, 0.1) is 5.92 Å². The molecule has 1 unspecified atom stereocenters. The van der Waals surface area contributed by atoms with Gasteiger partial charge in [-0.05, 0) is 18.4 Å². The molecule has 2 aromatic heterocycles. The van der Waals surface area contributed by atoms with E-state index < -0.39 is 20.6 Å². The largest absolute Gasteiger partial charge is 0.495 e. The zero-order chi connectivity index (χ0) is 26.4. The molecular weight excluding hydrogens is 531 g/mol. The predicted molar refractivity (Wildman–Crippen MR) is 136 cm³/mol. The van der Waals surface area contributed by atoms with E-state index in [9.17, 15) is 18.0 Å². The molecule has 1 aliphatic heterocycles. The summed E-state index contributed by atoms with van der Waals surface area (Å²) in [5.74, 6) is 0.422. The van der Waals surface area contributed by atoms with Crippen molar-refractivity contribution in [1.29, 1.82) is 0 Å². The van der Waals surface area contributed by atoms with Crippen LogP contribution in [-0.4, -0.2) is 67.3 Å². The lowest BCUT2D eigenvalue weighted by atomic mass is 10.0. The minimum Gasteiger partial charge on any atom is -0.495 e. The van der Waals surface area contributed by atoms with E-state index in [2.05, 4.69) is 9.97 Å². The monoisotopic (exact) mass is 554 g/mol. The molecule has 3 aromatic rings. The van der Waals surface area contributed by atoms with Crippen LogP contribution in [0.4, 0.5) is 0 Å².